The Labute approximate surface area is 114 Å². The number of nitrogens with one attached hydrogen (secondary N) is 2. The zero-order chi connectivity index (χ0) is 13.7. The Morgan fingerprint density at radius 3 is 2.47 bits per heavy atom. The van der Waals surface area contributed by atoms with Gasteiger partial charge in [0.15, 0.2) is 6.54 Å². The maximum absolute atomic E-state index is 11.9. The summed E-state index contributed by atoms with van der Waals surface area (Å²) in [6.07, 6.45) is 0. The lowest BCUT2D eigenvalue weighted by atomic mass is 10.0. The third-order valence-corrected chi connectivity index (χ3v) is 3.47. The molecule has 0 aromatic heterocycles. The molecule has 2 rings (SSSR count). The molecule has 104 valence electrons. The number of quaternary nitrogens is 1. The van der Waals surface area contributed by atoms with Gasteiger partial charge in [0.1, 0.15) is 13.1 Å². The van der Waals surface area contributed by atoms with Gasteiger partial charge in [0.25, 0.3) is 5.91 Å². The van der Waals surface area contributed by atoms with E-state index in [1.54, 1.807) is 0 Å². The highest BCUT2D eigenvalue weighted by atomic mass is 16.5. The van der Waals surface area contributed by atoms with Crippen LogP contribution in [0.4, 0.5) is 5.69 Å². The van der Waals surface area contributed by atoms with Gasteiger partial charge in [-0.05, 0) is 23.6 Å². The van der Waals surface area contributed by atoms with Crippen LogP contribution in [0, 0.1) is 0 Å². The lowest BCUT2D eigenvalue weighted by Crippen LogP contribution is -3.15. The number of morpholine rings is 1. The predicted molar refractivity (Wildman–Crippen MR) is 75.5 cm³/mol. The highest BCUT2D eigenvalue weighted by Crippen LogP contribution is 2.16. The van der Waals surface area contributed by atoms with E-state index in [1.165, 1.54) is 10.5 Å². The quantitative estimate of drug-likeness (QED) is 0.838. The van der Waals surface area contributed by atoms with Gasteiger partial charge in [0, 0.05) is 5.69 Å². The zero-order valence-electron chi connectivity index (χ0n) is 11.7. The Bertz CT molecular complexity index is 409. The van der Waals surface area contributed by atoms with Crippen LogP contribution in [0.15, 0.2) is 24.3 Å². The summed E-state index contributed by atoms with van der Waals surface area (Å²) in [6.45, 7) is 8.19. The minimum absolute atomic E-state index is 0.0780. The van der Waals surface area contributed by atoms with Gasteiger partial charge >= 0.3 is 0 Å². The lowest BCUT2D eigenvalue weighted by molar-refractivity contribution is -0.899. The van der Waals surface area contributed by atoms with Crippen LogP contribution in [0.5, 0.6) is 0 Å². The van der Waals surface area contributed by atoms with E-state index in [1.807, 2.05) is 12.1 Å². The van der Waals surface area contributed by atoms with Crippen LogP contribution in [-0.2, 0) is 9.53 Å². The molecule has 0 unspecified atom stereocenters. The van der Waals surface area contributed by atoms with Crippen molar-refractivity contribution in [3.63, 3.8) is 0 Å². The first-order chi connectivity index (χ1) is 9.15. The van der Waals surface area contributed by atoms with Crippen LogP contribution >= 0.6 is 0 Å². The predicted octanol–water partition coefficient (Wildman–Crippen LogP) is 0.664. The Kier molecular flexibility index (Phi) is 4.93. The van der Waals surface area contributed by atoms with Crippen molar-refractivity contribution < 1.29 is 14.4 Å². The van der Waals surface area contributed by atoms with Gasteiger partial charge in [-0.25, -0.2) is 0 Å². The molecule has 0 radical (unpaired) electrons. The molecule has 4 nitrogen and oxygen atoms in total. The highest BCUT2D eigenvalue weighted by Gasteiger charge is 2.17. The standard InChI is InChI=1S/C15H22N2O2/c1-12(2)13-3-5-14(6-4-13)16-15(18)11-17-7-9-19-10-8-17/h3-6,12H,7-11H2,1-2H3,(H,16,18)/p+1. The summed E-state index contributed by atoms with van der Waals surface area (Å²) in [7, 11) is 0. The number of rotatable bonds is 4. The van der Waals surface area contributed by atoms with E-state index in [-0.39, 0.29) is 5.91 Å². The first-order valence-electron chi connectivity index (χ1n) is 6.96. The van der Waals surface area contributed by atoms with E-state index in [2.05, 4.69) is 31.3 Å². The molecule has 1 aliphatic rings. The second-order valence-electron chi connectivity index (χ2n) is 5.36. The summed E-state index contributed by atoms with van der Waals surface area (Å²) in [5.41, 5.74) is 2.17. The SMILES string of the molecule is CC(C)c1ccc(NC(=O)C[NH+]2CCOCC2)cc1. The van der Waals surface area contributed by atoms with Crippen LogP contribution in [-0.4, -0.2) is 38.8 Å². The van der Waals surface area contributed by atoms with Crippen LogP contribution in [0.2, 0.25) is 0 Å². The van der Waals surface area contributed by atoms with Crippen molar-refractivity contribution in [2.24, 2.45) is 0 Å². The molecular weight excluding hydrogens is 240 g/mol. The Morgan fingerprint density at radius 2 is 1.89 bits per heavy atom. The van der Waals surface area contributed by atoms with Gasteiger partial charge in [-0.2, -0.15) is 0 Å². The highest BCUT2D eigenvalue weighted by molar-refractivity contribution is 5.91. The molecule has 0 saturated carbocycles. The van der Waals surface area contributed by atoms with Gasteiger partial charge in [0.05, 0.1) is 13.2 Å². The average molecular weight is 263 g/mol. The molecule has 1 aliphatic heterocycles. The fourth-order valence-corrected chi connectivity index (χ4v) is 2.22. The molecule has 0 aliphatic carbocycles. The summed E-state index contributed by atoms with van der Waals surface area (Å²) in [5.74, 6) is 0.594. The molecule has 2 N–H and O–H groups in total. The minimum Gasteiger partial charge on any atom is -0.370 e. The van der Waals surface area contributed by atoms with E-state index < -0.39 is 0 Å². The Balaban J connectivity index is 1.84. The third kappa shape index (κ3) is 4.33. The smallest absolute Gasteiger partial charge is 0.279 e. The largest absolute Gasteiger partial charge is 0.370 e. The number of anilines is 1. The average Bonchev–Trinajstić information content (AvgIpc) is 2.40. The van der Waals surface area contributed by atoms with E-state index >= 15 is 0 Å². The first kappa shape index (κ1) is 14.0. The van der Waals surface area contributed by atoms with Gasteiger partial charge < -0.3 is 15.0 Å². The second-order valence-corrected chi connectivity index (χ2v) is 5.36. The van der Waals surface area contributed by atoms with Gasteiger partial charge in [-0.15, -0.1) is 0 Å². The summed E-state index contributed by atoms with van der Waals surface area (Å²) in [6, 6.07) is 8.09. The fourth-order valence-electron chi connectivity index (χ4n) is 2.22. The molecule has 1 fully saturated rings. The summed E-state index contributed by atoms with van der Waals surface area (Å²) in [4.78, 5) is 13.2. The minimum atomic E-state index is 0.0780. The topological polar surface area (TPSA) is 42.8 Å². The molecule has 4 heteroatoms. The summed E-state index contributed by atoms with van der Waals surface area (Å²) < 4.78 is 5.28. The maximum Gasteiger partial charge on any atom is 0.279 e. The third-order valence-electron chi connectivity index (χ3n) is 3.47. The maximum atomic E-state index is 11.9. The first-order valence-corrected chi connectivity index (χ1v) is 6.96. The molecule has 0 spiro atoms. The number of hydrogen-bond acceptors (Lipinski definition) is 2. The number of carbonyl (C=O) groups excluding carboxylic acids is 1. The fraction of sp³-hybridized carbons (Fsp3) is 0.533. The van der Waals surface area contributed by atoms with Crippen LogP contribution < -0.4 is 10.2 Å². The Hall–Kier alpha value is -1.39. The summed E-state index contributed by atoms with van der Waals surface area (Å²) >= 11 is 0. The van der Waals surface area contributed by atoms with Crippen molar-refractivity contribution in [1.82, 2.24) is 0 Å². The van der Waals surface area contributed by atoms with Crippen LogP contribution in [0.25, 0.3) is 0 Å². The van der Waals surface area contributed by atoms with E-state index in [4.69, 9.17) is 4.74 Å². The molecule has 1 heterocycles. The molecule has 0 bridgehead atoms. The zero-order valence-corrected chi connectivity index (χ0v) is 11.7. The molecule has 1 aromatic carbocycles. The van der Waals surface area contributed by atoms with Crippen LogP contribution in [0.3, 0.4) is 0 Å². The number of carbonyl (C=O) groups is 1. The molecule has 1 aromatic rings. The van der Waals surface area contributed by atoms with Gasteiger partial charge in [0.2, 0.25) is 0 Å². The summed E-state index contributed by atoms with van der Waals surface area (Å²) in [5, 5.41) is 2.95. The van der Waals surface area contributed by atoms with Gasteiger partial charge in [-0.1, -0.05) is 26.0 Å². The molecule has 1 saturated heterocycles. The molecule has 1 amide bonds. The van der Waals surface area contributed by atoms with Crippen molar-refractivity contribution in [1.29, 1.82) is 0 Å². The number of benzene rings is 1. The number of hydrogen-bond donors (Lipinski definition) is 2. The number of amides is 1. The molecule has 0 atom stereocenters. The van der Waals surface area contributed by atoms with Crippen molar-refractivity contribution in [3.8, 4) is 0 Å². The number of ether oxygens (including phenoxy) is 1. The molecule has 19 heavy (non-hydrogen) atoms. The van der Waals surface area contributed by atoms with Crippen molar-refractivity contribution in [2.75, 3.05) is 38.2 Å². The lowest BCUT2D eigenvalue weighted by Gasteiger charge is -2.23. The van der Waals surface area contributed by atoms with Crippen molar-refractivity contribution in [2.45, 2.75) is 19.8 Å². The van der Waals surface area contributed by atoms with E-state index in [0.29, 0.717) is 12.5 Å². The second kappa shape index (κ2) is 6.68. The van der Waals surface area contributed by atoms with E-state index in [9.17, 15) is 4.79 Å². The van der Waals surface area contributed by atoms with E-state index in [0.717, 1.165) is 32.0 Å². The Morgan fingerprint density at radius 1 is 1.26 bits per heavy atom. The van der Waals surface area contributed by atoms with Crippen molar-refractivity contribution >= 4 is 11.6 Å². The molecular formula is C15H23N2O2+. The van der Waals surface area contributed by atoms with Crippen molar-refractivity contribution in [3.05, 3.63) is 29.8 Å². The monoisotopic (exact) mass is 263 g/mol. The normalized spacial score (nSPS) is 16.6. The van der Waals surface area contributed by atoms with Crippen LogP contribution in [0.1, 0.15) is 25.3 Å². The van der Waals surface area contributed by atoms with Gasteiger partial charge in [-0.3, -0.25) is 4.79 Å².